The molecular weight excluding hydrogens is 352 g/mol. The van der Waals surface area contributed by atoms with Gasteiger partial charge in [-0.1, -0.05) is 12.1 Å². The first kappa shape index (κ1) is 16.4. The number of carbonyl (C=O) groups excluding carboxylic acids is 2. The third kappa shape index (κ3) is 4.74. The van der Waals surface area contributed by atoms with Crippen LogP contribution in [-0.2, 0) is 9.59 Å². The maximum absolute atomic E-state index is 12.1. The number of thioether (sulfide) groups is 1. The van der Waals surface area contributed by atoms with E-state index in [1.165, 1.54) is 0 Å². The number of primary amides is 1. The maximum Gasteiger partial charge on any atom is 0.223 e. The molecule has 6 heteroatoms. The zero-order valence-corrected chi connectivity index (χ0v) is 14.2. The molecule has 1 saturated heterocycles. The molecule has 0 spiro atoms. The number of hydrogen-bond donors (Lipinski definition) is 1. The quantitative estimate of drug-likeness (QED) is 0.810. The number of amides is 2. The summed E-state index contributed by atoms with van der Waals surface area (Å²) in [5.74, 6) is 0.616. The van der Waals surface area contributed by atoms with E-state index in [0.717, 1.165) is 15.1 Å². The molecule has 0 bridgehead atoms. The topological polar surface area (TPSA) is 63.4 Å². The largest absolute Gasteiger partial charge is 0.369 e. The molecule has 1 fully saturated rings. The van der Waals surface area contributed by atoms with Crippen LogP contribution in [0.3, 0.4) is 0 Å². The van der Waals surface area contributed by atoms with Crippen LogP contribution >= 0.6 is 27.7 Å². The number of rotatable bonds is 5. The van der Waals surface area contributed by atoms with E-state index in [0.29, 0.717) is 32.4 Å². The summed E-state index contributed by atoms with van der Waals surface area (Å²) in [6, 6.07) is 8.00. The summed E-state index contributed by atoms with van der Waals surface area (Å²) in [6.45, 7) is 1.29. The minimum absolute atomic E-state index is 0.0660. The lowest BCUT2D eigenvalue weighted by Gasteiger charge is -2.30. The van der Waals surface area contributed by atoms with E-state index in [-0.39, 0.29) is 17.7 Å². The maximum atomic E-state index is 12.1. The van der Waals surface area contributed by atoms with E-state index in [2.05, 4.69) is 15.9 Å². The fourth-order valence-corrected chi connectivity index (χ4v) is 3.89. The highest BCUT2D eigenvalue weighted by Crippen LogP contribution is 2.27. The van der Waals surface area contributed by atoms with Crippen molar-refractivity contribution in [3.05, 3.63) is 28.7 Å². The van der Waals surface area contributed by atoms with Crippen molar-refractivity contribution in [3.63, 3.8) is 0 Å². The van der Waals surface area contributed by atoms with Crippen LogP contribution in [0.1, 0.15) is 19.3 Å². The second-order valence-corrected chi connectivity index (χ2v) is 7.08. The van der Waals surface area contributed by atoms with Crippen LogP contribution in [-0.4, -0.2) is 35.6 Å². The number of benzene rings is 1. The van der Waals surface area contributed by atoms with Crippen molar-refractivity contribution in [2.24, 2.45) is 11.7 Å². The molecule has 4 nitrogen and oxygen atoms in total. The van der Waals surface area contributed by atoms with Gasteiger partial charge in [0, 0.05) is 40.5 Å². The highest BCUT2D eigenvalue weighted by Gasteiger charge is 2.25. The highest BCUT2D eigenvalue weighted by atomic mass is 79.9. The highest BCUT2D eigenvalue weighted by molar-refractivity contribution is 9.10. The molecule has 21 heavy (non-hydrogen) atoms. The van der Waals surface area contributed by atoms with E-state index < -0.39 is 0 Å². The van der Waals surface area contributed by atoms with Gasteiger partial charge in [-0.05, 0) is 40.9 Å². The Labute approximate surface area is 137 Å². The first-order chi connectivity index (χ1) is 10.1. The van der Waals surface area contributed by atoms with Crippen molar-refractivity contribution in [1.82, 2.24) is 4.90 Å². The number of piperidine rings is 1. The van der Waals surface area contributed by atoms with Crippen molar-refractivity contribution in [3.8, 4) is 0 Å². The lowest BCUT2D eigenvalue weighted by atomic mass is 9.96. The SMILES string of the molecule is NC(=O)C1CCN(C(=O)CCSc2ccccc2Br)CC1. The fraction of sp³-hybridized carbons (Fsp3) is 0.467. The molecule has 0 aromatic heterocycles. The summed E-state index contributed by atoms with van der Waals surface area (Å²) in [7, 11) is 0. The van der Waals surface area contributed by atoms with Crippen LogP contribution in [0.2, 0.25) is 0 Å². The Bertz CT molecular complexity index is 516. The summed E-state index contributed by atoms with van der Waals surface area (Å²) in [5, 5.41) is 0. The Hall–Kier alpha value is -1.01. The van der Waals surface area contributed by atoms with E-state index in [1.807, 2.05) is 29.2 Å². The molecule has 114 valence electrons. The molecule has 2 amide bonds. The Balaban J connectivity index is 1.73. The summed E-state index contributed by atoms with van der Waals surface area (Å²) in [5.41, 5.74) is 5.30. The van der Waals surface area contributed by atoms with Crippen LogP contribution in [0.4, 0.5) is 0 Å². The van der Waals surface area contributed by atoms with Crippen LogP contribution in [0, 0.1) is 5.92 Å². The molecule has 2 N–H and O–H groups in total. The van der Waals surface area contributed by atoms with Crippen molar-refractivity contribution in [2.75, 3.05) is 18.8 Å². The third-order valence-corrected chi connectivity index (χ3v) is 5.69. The zero-order valence-electron chi connectivity index (χ0n) is 11.8. The Morgan fingerprint density at radius 2 is 1.95 bits per heavy atom. The lowest BCUT2D eigenvalue weighted by Crippen LogP contribution is -2.41. The van der Waals surface area contributed by atoms with Crippen LogP contribution in [0.5, 0.6) is 0 Å². The predicted molar refractivity (Wildman–Crippen MR) is 88.0 cm³/mol. The molecule has 1 aliphatic rings. The first-order valence-corrected chi connectivity index (χ1v) is 8.80. The molecule has 0 unspecified atom stereocenters. The monoisotopic (exact) mass is 370 g/mol. The van der Waals surface area contributed by atoms with Crippen molar-refractivity contribution in [2.45, 2.75) is 24.2 Å². The number of carbonyl (C=O) groups is 2. The van der Waals surface area contributed by atoms with Crippen molar-refractivity contribution >= 4 is 39.5 Å². The average Bonchev–Trinajstić information content (AvgIpc) is 2.49. The van der Waals surface area contributed by atoms with E-state index >= 15 is 0 Å². The average molecular weight is 371 g/mol. The molecule has 0 saturated carbocycles. The normalized spacial score (nSPS) is 16.0. The molecule has 1 heterocycles. The number of nitrogens with two attached hydrogens (primary N) is 1. The van der Waals surface area contributed by atoms with Gasteiger partial charge in [0.15, 0.2) is 0 Å². The number of nitrogens with zero attached hydrogens (tertiary/aromatic N) is 1. The van der Waals surface area contributed by atoms with Gasteiger partial charge in [-0.2, -0.15) is 0 Å². The molecule has 0 aliphatic carbocycles. The summed E-state index contributed by atoms with van der Waals surface area (Å²) >= 11 is 5.18. The minimum atomic E-state index is -0.244. The van der Waals surface area contributed by atoms with Gasteiger partial charge in [0.05, 0.1) is 0 Å². The van der Waals surface area contributed by atoms with Gasteiger partial charge in [-0.3, -0.25) is 9.59 Å². The van der Waals surface area contributed by atoms with Crippen LogP contribution in [0.15, 0.2) is 33.6 Å². The molecule has 1 aliphatic heterocycles. The predicted octanol–water partition coefficient (Wildman–Crippen LogP) is 2.66. The van der Waals surface area contributed by atoms with E-state index in [9.17, 15) is 9.59 Å². The van der Waals surface area contributed by atoms with Gasteiger partial charge in [-0.25, -0.2) is 0 Å². The van der Waals surface area contributed by atoms with Crippen molar-refractivity contribution < 1.29 is 9.59 Å². The standard InChI is InChI=1S/C15H19BrN2O2S/c16-12-3-1-2-4-13(12)21-10-7-14(19)18-8-5-11(6-9-18)15(17)20/h1-4,11H,5-10H2,(H2,17,20). The second-order valence-electron chi connectivity index (χ2n) is 5.09. The Morgan fingerprint density at radius 1 is 1.29 bits per heavy atom. The Morgan fingerprint density at radius 3 is 2.57 bits per heavy atom. The van der Waals surface area contributed by atoms with Crippen molar-refractivity contribution in [1.29, 1.82) is 0 Å². The van der Waals surface area contributed by atoms with Crippen LogP contribution < -0.4 is 5.73 Å². The lowest BCUT2D eigenvalue weighted by molar-refractivity contribution is -0.134. The molecule has 0 atom stereocenters. The minimum Gasteiger partial charge on any atom is -0.369 e. The van der Waals surface area contributed by atoms with Gasteiger partial charge in [0.25, 0.3) is 0 Å². The zero-order chi connectivity index (χ0) is 15.2. The molecule has 2 rings (SSSR count). The number of halogens is 1. The first-order valence-electron chi connectivity index (χ1n) is 7.02. The fourth-order valence-electron chi connectivity index (χ4n) is 2.38. The van der Waals surface area contributed by atoms with Gasteiger partial charge in [0.1, 0.15) is 0 Å². The summed E-state index contributed by atoms with van der Waals surface area (Å²) in [4.78, 5) is 26.2. The Kier molecular flexibility index (Phi) is 6.11. The molecular formula is C15H19BrN2O2S. The van der Waals surface area contributed by atoms with Gasteiger partial charge in [0.2, 0.25) is 11.8 Å². The second kappa shape index (κ2) is 7.84. The van der Waals surface area contributed by atoms with Gasteiger partial charge in [-0.15, -0.1) is 11.8 Å². The van der Waals surface area contributed by atoms with E-state index in [4.69, 9.17) is 5.73 Å². The number of likely N-dealkylation sites (tertiary alicyclic amines) is 1. The smallest absolute Gasteiger partial charge is 0.223 e. The molecule has 1 aromatic carbocycles. The third-order valence-electron chi connectivity index (χ3n) is 3.66. The summed E-state index contributed by atoms with van der Waals surface area (Å²) in [6.07, 6.45) is 1.91. The van der Waals surface area contributed by atoms with E-state index in [1.54, 1.807) is 11.8 Å². The number of hydrogen-bond acceptors (Lipinski definition) is 3. The molecule has 0 radical (unpaired) electrons. The summed E-state index contributed by atoms with van der Waals surface area (Å²) < 4.78 is 1.06. The van der Waals surface area contributed by atoms with Gasteiger partial charge >= 0.3 is 0 Å². The van der Waals surface area contributed by atoms with Gasteiger partial charge < -0.3 is 10.6 Å². The molecule has 1 aromatic rings. The van der Waals surface area contributed by atoms with Crippen LogP contribution in [0.25, 0.3) is 0 Å².